The van der Waals surface area contributed by atoms with E-state index in [4.69, 9.17) is 0 Å². The molecule has 12 heavy (non-hydrogen) atoms. The van der Waals surface area contributed by atoms with Gasteiger partial charge in [-0.3, -0.25) is 5.10 Å². The number of rotatable bonds is 1. The Bertz CT molecular complexity index is 353. The molecule has 0 bridgehead atoms. The van der Waals surface area contributed by atoms with Gasteiger partial charge in [0.05, 0.1) is 6.20 Å². The predicted molar refractivity (Wildman–Crippen MR) is 47.3 cm³/mol. The average molecular weight is 225 g/mol. The molecule has 2 aromatic heterocycles. The zero-order valence-corrected chi connectivity index (χ0v) is 7.62. The van der Waals surface area contributed by atoms with E-state index in [0.717, 1.165) is 11.1 Å². The van der Waals surface area contributed by atoms with E-state index in [2.05, 4.69) is 36.1 Å². The summed E-state index contributed by atoms with van der Waals surface area (Å²) in [6, 6.07) is 0. The van der Waals surface area contributed by atoms with Crippen molar-refractivity contribution in [2.75, 3.05) is 0 Å². The van der Waals surface area contributed by atoms with Crippen LogP contribution in [-0.2, 0) is 0 Å². The van der Waals surface area contributed by atoms with Crippen molar-refractivity contribution < 1.29 is 0 Å². The molecular weight excluding hydrogens is 220 g/mol. The third-order valence-electron chi connectivity index (χ3n) is 1.45. The van der Waals surface area contributed by atoms with Crippen LogP contribution in [0.2, 0.25) is 0 Å². The molecule has 0 aliphatic rings. The molecule has 0 spiro atoms. The van der Waals surface area contributed by atoms with E-state index < -0.39 is 0 Å². The number of hydrogen-bond acceptors (Lipinski definition) is 3. The van der Waals surface area contributed by atoms with E-state index in [9.17, 15) is 0 Å². The van der Waals surface area contributed by atoms with Crippen LogP contribution in [0.5, 0.6) is 0 Å². The smallest absolute Gasteiger partial charge is 0.196 e. The van der Waals surface area contributed by atoms with Crippen LogP contribution in [0.15, 0.2) is 29.5 Å². The maximum atomic E-state index is 4.00. The lowest BCUT2D eigenvalue weighted by Gasteiger charge is -1.93. The molecule has 5 heteroatoms. The van der Waals surface area contributed by atoms with Crippen LogP contribution in [0.3, 0.4) is 0 Å². The predicted octanol–water partition coefficient (Wildman–Crippen LogP) is 1.63. The van der Waals surface area contributed by atoms with Crippen LogP contribution in [0.25, 0.3) is 11.1 Å². The minimum Gasteiger partial charge on any atom is -0.285 e. The number of aromatic nitrogens is 4. The van der Waals surface area contributed by atoms with Gasteiger partial charge in [0.25, 0.3) is 0 Å². The second-order valence-corrected chi connectivity index (χ2v) is 2.94. The summed E-state index contributed by atoms with van der Waals surface area (Å²) < 4.78 is 0.592. The van der Waals surface area contributed by atoms with Gasteiger partial charge in [-0.1, -0.05) is 0 Å². The normalized spacial score (nSPS) is 10.1. The molecule has 2 heterocycles. The van der Waals surface area contributed by atoms with Gasteiger partial charge in [-0.15, -0.1) is 0 Å². The van der Waals surface area contributed by atoms with E-state index in [1.165, 1.54) is 0 Å². The molecule has 60 valence electrons. The molecule has 0 aromatic carbocycles. The summed E-state index contributed by atoms with van der Waals surface area (Å²) in [4.78, 5) is 8.00. The molecule has 4 nitrogen and oxygen atoms in total. The van der Waals surface area contributed by atoms with Crippen molar-refractivity contribution in [3.8, 4) is 11.1 Å². The standard InChI is InChI=1S/C7H5BrN4/c8-7-9-1-5(2-10-7)6-3-11-12-4-6/h1-4H,(H,11,12). The van der Waals surface area contributed by atoms with Gasteiger partial charge in [0.1, 0.15) is 0 Å². The van der Waals surface area contributed by atoms with Crippen molar-refractivity contribution in [2.24, 2.45) is 0 Å². The Labute approximate surface area is 77.2 Å². The number of nitrogens with zero attached hydrogens (tertiary/aromatic N) is 3. The van der Waals surface area contributed by atoms with Gasteiger partial charge in [-0.2, -0.15) is 5.10 Å². The maximum Gasteiger partial charge on any atom is 0.196 e. The number of nitrogens with one attached hydrogen (secondary N) is 1. The molecular formula is C7H5BrN4. The van der Waals surface area contributed by atoms with Crippen molar-refractivity contribution >= 4 is 15.9 Å². The van der Waals surface area contributed by atoms with Crippen LogP contribution in [0.1, 0.15) is 0 Å². The minimum absolute atomic E-state index is 0.592. The highest BCUT2D eigenvalue weighted by Crippen LogP contribution is 2.15. The Morgan fingerprint density at radius 2 is 1.83 bits per heavy atom. The fourth-order valence-corrected chi connectivity index (χ4v) is 1.07. The summed E-state index contributed by atoms with van der Waals surface area (Å²) in [6.45, 7) is 0. The van der Waals surface area contributed by atoms with E-state index in [1.807, 2.05) is 0 Å². The van der Waals surface area contributed by atoms with Crippen LogP contribution in [0, 0.1) is 0 Å². The fraction of sp³-hybridized carbons (Fsp3) is 0. The Balaban J connectivity index is 2.43. The summed E-state index contributed by atoms with van der Waals surface area (Å²) in [5, 5.41) is 6.55. The molecule has 0 unspecified atom stereocenters. The third-order valence-corrected chi connectivity index (χ3v) is 1.86. The summed E-state index contributed by atoms with van der Waals surface area (Å²) in [5.74, 6) is 0. The van der Waals surface area contributed by atoms with Crippen molar-refractivity contribution in [3.63, 3.8) is 0 Å². The van der Waals surface area contributed by atoms with Crippen molar-refractivity contribution in [2.45, 2.75) is 0 Å². The molecule has 0 saturated heterocycles. The number of aromatic amines is 1. The zero-order chi connectivity index (χ0) is 8.39. The van der Waals surface area contributed by atoms with Crippen LogP contribution in [0.4, 0.5) is 0 Å². The average Bonchev–Trinajstić information content (AvgIpc) is 2.58. The maximum absolute atomic E-state index is 4.00. The molecule has 0 aliphatic carbocycles. The molecule has 2 rings (SSSR count). The molecule has 1 N–H and O–H groups in total. The van der Waals surface area contributed by atoms with Gasteiger partial charge in [0.15, 0.2) is 4.73 Å². The minimum atomic E-state index is 0.592. The molecule has 0 saturated carbocycles. The topological polar surface area (TPSA) is 54.5 Å². The van der Waals surface area contributed by atoms with Crippen LogP contribution < -0.4 is 0 Å². The van der Waals surface area contributed by atoms with Gasteiger partial charge < -0.3 is 0 Å². The second kappa shape index (κ2) is 3.02. The first-order chi connectivity index (χ1) is 5.86. The highest BCUT2D eigenvalue weighted by molar-refractivity contribution is 9.10. The molecule has 2 aromatic rings. The van der Waals surface area contributed by atoms with Gasteiger partial charge in [0.2, 0.25) is 0 Å². The quantitative estimate of drug-likeness (QED) is 0.750. The number of halogens is 1. The molecule has 0 aliphatic heterocycles. The second-order valence-electron chi connectivity index (χ2n) is 2.23. The summed E-state index contributed by atoms with van der Waals surface area (Å²) >= 11 is 3.16. The Kier molecular flexibility index (Phi) is 1.87. The SMILES string of the molecule is Brc1ncc(-c2cn[nH]c2)cn1. The van der Waals surface area contributed by atoms with Crippen molar-refractivity contribution in [3.05, 3.63) is 29.5 Å². The van der Waals surface area contributed by atoms with E-state index >= 15 is 0 Å². The first kappa shape index (κ1) is 7.42. The Morgan fingerprint density at radius 3 is 2.42 bits per heavy atom. The van der Waals surface area contributed by atoms with Crippen LogP contribution >= 0.6 is 15.9 Å². The lowest BCUT2D eigenvalue weighted by molar-refractivity contribution is 1.09. The van der Waals surface area contributed by atoms with Gasteiger partial charge >= 0.3 is 0 Å². The molecule has 0 radical (unpaired) electrons. The fourth-order valence-electron chi connectivity index (χ4n) is 0.870. The lowest BCUT2D eigenvalue weighted by atomic mass is 10.2. The largest absolute Gasteiger partial charge is 0.285 e. The van der Waals surface area contributed by atoms with Gasteiger partial charge in [-0.25, -0.2) is 9.97 Å². The van der Waals surface area contributed by atoms with E-state index in [1.54, 1.807) is 24.8 Å². The molecule has 0 amide bonds. The number of H-pyrrole nitrogens is 1. The lowest BCUT2D eigenvalue weighted by Crippen LogP contribution is -1.82. The Hall–Kier alpha value is -1.23. The highest BCUT2D eigenvalue weighted by Gasteiger charge is 1.98. The summed E-state index contributed by atoms with van der Waals surface area (Å²) in [5.41, 5.74) is 1.94. The van der Waals surface area contributed by atoms with Crippen molar-refractivity contribution in [1.82, 2.24) is 20.2 Å². The molecule has 0 atom stereocenters. The molecule has 0 fully saturated rings. The van der Waals surface area contributed by atoms with Gasteiger partial charge in [-0.05, 0) is 15.9 Å². The van der Waals surface area contributed by atoms with E-state index in [0.29, 0.717) is 4.73 Å². The summed E-state index contributed by atoms with van der Waals surface area (Å²) in [7, 11) is 0. The summed E-state index contributed by atoms with van der Waals surface area (Å²) in [6.07, 6.45) is 7.00. The Morgan fingerprint density at radius 1 is 1.08 bits per heavy atom. The number of hydrogen-bond donors (Lipinski definition) is 1. The third kappa shape index (κ3) is 1.35. The van der Waals surface area contributed by atoms with Crippen molar-refractivity contribution in [1.29, 1.82) is 0 Å². The highest BCUT2D eigenvalue weighted by atomic mass is 79.9. The van der Waals surface area contributed by atoms with E-state index in [-0.39, 0.29) is 0 Å². The monoisotopic (exact) mass is 224 g/mol. The van der Waals surface area contributed by atoms with Gasteiger partial charge in [0, 0.05) is 29.7 Å². The first-order valence-electron chi connectivity index (χ1n) is 3.33. The van der Waals surface area contributed by atoms with Crippen LogP contribution in [-0.4, -0.2) is 20.2 Å². The zero-order valence-electron chi connectivity index (χ0n) is 6.03. The first-order valence-corrected chi connectivity index (χ1v) is 4.12.